The number of hydrogen-bond acceptors (Lipinski definition) is 6. The van der Waals surface area contributed by atoms with Gasteiger partial charge in [-0.1, -0.05) is 17.3 Å². The lowest BCUT2D eigenvalue weighted by atomic mass is 9.53. The van der Waals surface area contributed by atoms with E-state index >= 15 is 0 Å². The predicted octanol–water partition coefficient (Wildman–Crippen LogP) is 4.45. The van der Waals surface area contributed by atoms with Crippen molar-refractivity contribution in [3.63, 3.8) is 0 Å². The molecule has 1 unspecified atom stereocenters. The van der Waals surface area contributed by atoms with Gasteiger partial charge in [0, 0.05) is 17.6 Å². The molecule has 0 spiro atoms. The first kappa shape index (κ1) is 22.8. The highest BCUT2D eigenvalue weighted by molar-refractivity contribution is 5.76. The summed E-state index contributed by atoms with van der Waals surface area (Å²) in [6.07, 6.45) is 6.45. The molecular formula is C25H31FN4O4. The third-order valence-electron chi connectivity index (χ3n) is 7.56. The van der Waals surface area contributed by atoms with E-state index in [0.29, 0.717) is 11.1 Å². The first-order valence-corrected chi connectivity index (χ1v) is 12.1. The number of urea groups is 1. The van der Waals surface area contributed by atoms with E-state index in [4.69, 9.17) is 9.26 Å². The molecule has 1 aromatic heterocycles. The summed E-state index contributed by atoms with van der Waals surface area (Å²) in [4.78, 5) is 29.0. The summed E-state index contributed by atoms with van der Waals surface area (Å²) in [5.41, 5.74) is 0.935. The van der Waals surface area contributed by atoms with Gasteiger partial charge in [-0.15, -0.1) is 0 Å². The van der Waals surface area contributed by atoms with Crippen LogP contribution in [0.4, 0.5) is 9.18 Å². The van der Waals surface area contributed by atoms with E-state index in [0.717, 1.165) is 37.0 Å². The molecule has 2 aromatic rings. The fourth-order valence-corrected chi connectivity index (χ4v) is 6.38. The number of nitrogens with zero attached hydrogens (tertiary/aromatic N) is 2. The maximum atomic E-state index is 13.8. The Balaban J connectivity index is 1.07. The Morgan fingerprint density at radius 2 is 1.88 bits per heavy atom. The predicted molar refractivity (Wildman–Crippen MR) is 121 cm³/mol. The van der Waals surface area contributed by atoms with Crippen molar-refractivity contribution in [1.82, 2.24) is 20.8 Å². The van der Waals surface area contributed by atoms with Gasteiger partial charge >= 0.3 is 12.0 Å². The van der Waals surface area contributed by atoms with Crippen molar-refractivity contribution < 1.29 is 23.2 Å². The molecule has 6 rings (SSSR count). The van der Waals surface area contributed by atoms with Gasteiger partial charge in [0.25, 0.3) is 5.89 Å². The van der Waals surface area contributed by atoms with Gasteiger partial charge in [0.15, 0.2) is 6.10 Å². The number of nitrogens with one attached hydrogen (secondary N) is 2. The smallest absolute Gasteiger partial charge is 0.315 e. The van der Waals surface area contributed by atoms with E-state index in [1.54, 1.807) is 26.0 Å². The van der Waals surface area contributed by atoms with Gasteiger partial charge in [0.05, 0.1) is 6.42 Å². The number of aromatic nitrogens is 2. The molecule has 182 valence electrons. The molecule has 1 aromatic carbocycles. The summed E-state index contributed by atoms with van der Waals surface area (Å²) in [7, 11) is 0. The molecule has 0 saturated heterocycles. The number of carbonyl (C=O) groups excluding carboxylic acids is 2. The van der Waals surface area contributed by atoms with Gasteiger partial charge < -0.3 is 19.9 Å². The lowest BCUT2D eigenvalue weighted by Gasteiger charge is -2.56. The van der Waals surface area contributed by atoms with Crippen molar-refractivity contribution in [2.75, 3.05) is 6.54 Å². The monoisotopic (exact) mass is 470 g/mol. The Hall–Kier alpha value is -2.97. The SMILES string of the molecule is Cc1ccc(-c2noc(C(C)OC(=O)CCNC(=O)NC34CC5CC(CC(C5)C3)C4)n2)cc1F. The molecule has 9 heteroatoms. The summed E-state index contributed by atoms with van der Waals surface area (Å²) >= 11 is 0. The van der Waals surface area contributed by atoms with E-state index in [1.807, 2.05) is 0 Å². The van der Waals surface area contributed by atoms with Crippen LogP contribution in [0.1, 0.15) is 69.4 Å². The zero-order chi connectivity index (χ0) is 23.9. The number of halogens is 1. The second-order valence-electron chi connectivity index (χ2n) is 10.4. The number of aryl methyl sites for hydroxylation is 1. The third kappa shape index (κ3) is 4.79. The molecule has 4 bridgehead atoms. The van der Waals surface area contributed by atoms with Gasteiger partial charge in [0.1, 0.15) is 5.82 Å². The van der Waals surface area contributed by atoms with Gasteiger partial charge in [-0.3, -0.25) is 4.79 Å². The maximum absolute atomic E-state index is 13.8. The Labute approximate surface area is 198 Å². The molecule has 0 radical (unpaired) electrons. The number of rotatable bonds is 7. The van der Waals surface area contributed by atoms with E-state index in [2.05, 4.69) is 20.8 Å². The fraction of sp³-hybridized carbons (Fsp3) is 0.600. The van der Waals surface area contributed by atoms with E-state index in [-0.39, 0.29) is 42.1 Å². The van der Waals surface area contributed by atoms with E-state index in [9.17, 15) is 14.0 Å². The molecule has 4 fully saturated rings. The number of esters is 1. The first-order valence-electron chi connectivity index (χ1n) is 12.1. The van der Waals surface area contributed by atoms with Gasteiger partial charge in [-0.05, 0) is 81.8 Å². The summed E-state index contributed by atoms with van der Waals surface area (Å²) in [6.45, 7) is 3.48. The minimum atomic E-state index is -0.759. The van der Waals surface area contributed by atoms with Crippen molar-refractivity contribution in [3.8, 4) is 11.4 Å². The van der Waals surface area contributed by atoms with E-state index < -0.39 is 12.1 Å². The quantitative estimate of drug-likeness (QED) is 0.579. The van der Waals surface area contributed by atoms with Crippen LogP contribution in [-0.2, 0) is 9.53 Å². The minimum absolute atomic E-state index is 0.0306. The standard InChI is InChI=1S/C25H31FN4O4/c1-14-3-4-19(10-20(14)26)22-28-23(34-30-22)15(2)33-21(31)5-6-27-24(32)29-25-11-16-7-17(12-25)9-18(8-16)13-25/h3-4,10,15-18H,5-9,11-13H2,1-2H3,(H2,27,29,32). The van der Waals surface area contributed by atoms with Crippen molar-refractivity contribution in [2.45, 2.75) is 70.4 Å². The Kier molecular flexibility index (Phi) is 6.04. The van der Waals surface area contributed by atoms with Crippen molar-refractivity contribution >= 4 is 12.0 Å². The van der Waals surface area contributed by atoms with Crippen molar-refractivity contribution in [1.29, 1.82) is 0 Å². The lowest BCUT2D eigenvalue weighted by molar-refractivity contribution is -0.149. The highest BCUT2D eigenvalue weighted by atomic mass is 19.1. The third-order valence-corrected chi connectivity index (χ3v) is 7.56. The molecule has 0 aliphatic heterocycles. The molecule has 4 saturated carbocycles. The van der Waals surface area contributed by atoms with Gasteiger partial charge in [-0.25, -0.2) is 9.18 Å². The highest BCUT2D eigenvalue weighted by Gasteiger charge is 2.51. The van der Waals surface area contributed by atoms with Crippen LogP contribution < -0.4 is 10.6 Å². The molecule has 4 aliphatic carbocycles. The van der Waals surface area contributed by atoms with Crippen molar-refractivity contribution in [2.24, 2.45) is 17.8 Å². The van der Waals surface area contributed by atoms with Crippen LogP contribution in [0.15, 0.2) is 22.7 Å². The van der Waals surface area contributed by atoms with Crippen LogP contribution in [0, 0.1) is 30.5 Å². The summed E-state index contributed by atoms with van der Waals surface area (Å²) < 4.78 is 24.4. The second-order valence-corrected chi connectivity index (χ2v) is 10.4. The van der Waals surface area contributed by atoms with Crippen LogP contribution in [0.2, 0.25) is 0 Å². The number of carbonyl (C=O) groups is 2. The molecule has 1 heterocycles. The molecule has 4 aliphatic rings. The Morgan fingerprint density at radius 1 is 1.21 bits per heavy atom. The highest BCUT2D eigenvalue weighted by Crippen LogP contribution is 2.55. The van der Waals surface area contributed by atoms with Crippen LogP contribution in [-0.4, -0.2) is 34.2 Å². The molecule has 2 N–H and O–H groups in total. The summed E-state index contributed by atoms with van der Waals surface area (Å²) in [5, 5.41) is 9.88. The first-order chi connectivity index (χ1) is 16.3. The van der Waals surface area contributed by atoms with Crippen LogP contribution in [0.3, 0.4) is 0 Å². The zero-order valence-corrected chi connectivity index (χ0v) is 19.6. The summed E-state index contributed by atoms with van der Waals surface area (Å²) in [6, 6.07) is 4.45. The molecule has 34 heavy (non-hydrogen) atoms. The van der Waals surface area contributed by atoms with Crippen LogP contribution in [0.5, 0.6) is 0 Å². The zero-order valence-electron chi connectivity index (χ0n) is 19.6. The lowest BCUT2D eigenvalue weighted by Crippen LogP contribution is -2.61. The average Bonchev–Trinajstić information content (AvgIpc) is 3.25. The topological polar surface area (TPSA) is 106 Å². The normalized spacial score (nSPS) is 27.9. The molecule has 1 atom stereocenters. The van der Waals surface area contributed by atoms with Crippen molar-refractivity contribution in [3.05, 3.63) is 35.5 Å². The van der Waals surface area contributed by atoms with Crippen LogP contribution in [0.25, 0.3) is 11.4 Å². The number of ether oxygens (including phenoxy) is 1. The van der Waals surface area contributed by atoms with E-state index in [1.165, 1.54) is 25.3 Å². The second kappa shape index (κ2) is 9.00. The summed E-state index contributed by atoms with van der Waals surface area (Å²) in [5.74, 6) is 1.75. The van der Waals surface area contributed by atoms with Gasteiger partial charge in [0.2, 0.25) is 5.82 Å². The Morgan fingerprint density at radius 3 is 2.53 bits per heavy atom. The number of benzene rings is 1. The number of amides is 2. The molecular weight excluding hydrogens is 439 g/mol. The van der Waals surface area contributed by atoms with Gasteiger partial charge in [-0.2, -0.15) is 4.98 Å². The largest absolute Gasteiger partial charge is 0.452 e. The minimum Gasteiger partial charge on any atom is -0.452 e. The number of hydrogen-bond donors (Lipinski definition) is 2. The molecule has 2 amide bonds. The van der Waals surface area contributed by atoms with Crippen LogP contribution >= 0.6 is 0 Å². The molecule has 8 nitrogen and oxygen atoms in total. The Bertz CT molecular complexity index is 1050. The maximum Gasteiger partial charge on any atom is 0.315 e. The average molecular weight is 471 g/mol. The fourth-order valence-electron chi connectivity index (χ4n) is 6.38.